The molecule has 1 N–H and O–H groups in total. The van der Waals surface area contributed by atoms with Crippen LogP contribution >= 0.6 is 0 Å². The van der Waals surface area contributed by atoms with Gasteiger partial charge in [-0.1, -0.05) is 26.2 Å². The summed E-state index contributed by atoms with van der Waals surface area (Å²) < 4.78 is 5.70. The van der Waals surface area contributed by atoms with Crippen molar-refractivity contribution in [1.82, 2.24) is 20.2 Å². The largest absolute Gasteiger partial charge is 0.495 e. The fourth-order valence-electron chi connectivity index (χ4n) is 5.67. The summed E-state index contributed by atoms with van der Waals surface area (Å²) in [5, 5.41) is 2.95. The van der Waals surface area contributed by atoms with E-state index in [4.69, 9.17) is 9.72 Å². The third-order valence-electron chi connectivity index (χ3n) is 8.08. The Hall–Kier alpha value is -4.08. The smallest absolute Gasteiger partial charge is 0.255 e. The van der Waals surface area contributed by atoms with Gasteiger partial charge in [0.2, 0.25) is 11.9 Å². The molecule has 1 atom stereocenters. The quantitative estimate of drug-likeness (QED) is 0.581. The lowest BCUT2D eigenvalue weighted by Gasteiger charge is -2.36. The number of benzene rings is 1. The van der Waals surface area contributed by atoms with Crippen molar-refractivity contribution in [2.45, 2.75) is 45.1 Å². The first-order valence-corrected chi connectivity index (χ1v) is 14.0. The van der Waals surface area contributed by atoms with Gasteiger partial charge in [-0.15, -0.1) is 0 Å². The third-order valence-corrected chi connectivity index (χ3v) is 8.08. The minimum Gasteiger partial charge on any atom is -0.495 e. The van der Waals surface area contributed by atoms with E-state index in [1.807, 2.05) is 55.2 Å². The van der Waals surface area contributed by atoms with Gasteiger partial charge in [0.05, 0.1) is 24.9 Å². The molecule has 0 spiro atoms. The van der Waals surface area contributed by atoms with E-state index in [1.54, 1.807) is 37.4 Å². The number of carbonyl (C=O) groups is 2. The lowest BCUT2D eigenvalue weighted by Crippen LogP contribution is -2.41. The zero-order valence-corrected chi connectivity index (χ0v) is 24.1. The van der Waals surface area contributed by atoms with Crippen LogP contribution in [-0.4, -0.2) is 74.1 Å². The predicted octanol–water partition coefficient (Wildman–Crippen LogP) is 4.08. The maximum absolute atomic E-state index is 13.1. The summed E-state index contributed by atoms with van der Waals surface area (Å²) in [6, 6.07) is 5.70. The summed E-state index contributed by atoms with van der Waals surface area (Å²) in [6.07, 6.45) is 13.3. The summed E-state index contributed by atoms with van der Waals surface area (Å²) in [5.74, 6) is 1.55. The number of anilines is 4. The van der Waals surface area contributed by atoms with Crippen LogP contribution < -0.4 is 24.8 Å². The van der Waals surface area contributed by atoms with Gasteiger partial charge in [0.25, 0.3) is 5.91 Å². The minimum atomic E-state index is -0.209. The summed E-state index contributed by atoms with van der Waals surface area (Å²) in [5.41, 5.74) is 2.71. The van der Waals surface area contributed by atoms with E-state index in [9.17, 15) is 9.59 Å². The Bertz CT molecular complexity index is 1330. The molecule has 1 unspecified atom stereocenters. The number of fused-ring (bicyclic) bond motifs is 1. The number of rotatable bonds is 6. The monoisotopic (exact) mass is 545 g/mol. The van der Waals surface area contributed by atoms with E-state index in [0.29, 0.717) is 29.8 Å². The van der Waals surface area contributed by atoms with Gasteiger partial charge in [-0.2, -0.15) is 4.98 Å². The first-order valence-electron chi connectivity index (χ1n) is 14.0. The highest BCUT2D eigenvalue weighted by atomic mass is 16.5. The van der Waals surface area contributed by atoms with Crippen molar-refractivity contribution in [3.8, 4) is 5.75 Å². The van der Waals surface area contributed by atoms with Crippen LogP contribution in [0.3, 0.4) is 0 Å². The zero-order valence-electron chi connectivity index (χ0n) is 24.1. The molecule has 212 valence electrons. The van der Waals surface area contributed by atoms with Crippen LogP contribution in [0.25, 0.3) is 0 Å². The SMILES string of the molecule is COc1cc(C(=O)NC2=CCN(C)C=C2)ccc1N(C)c1ncc2c(n1)N(C1CCCCC1)CC(C)C(=O)N2C. The number of aromatic nitrogens is 2. The number of carbonyl (C=O) groups excluding carboxylic acids is 2. The fourth-order valence-corrected chi connectivity index (χ4v) is 5.67. The number of ether oxygens (including phenoxy) is 1. The second-order valence-electron chi connectivity index (χ2n) is 10.9. The normalized spacial score (nSPS) is 19.6. The third kappa shape index (κ3) is 5.48. The molecule has 1 aromatic heterocycles. The van der Waals surface area contributed by atoms with Gasteiger partial charge < -0.3 is 29.7 Å². The topological polar surface area (TPSA) is 94.1 Å². The summed E-state index contributed by atoms with van der Waals surface area (Å²) in [4.78, 5) is 43.6. The molecule has 0 bridgehead atoms. The highest BCUT2D eigenvalue weighted by molar-refractivity contribution is 5.99. The summed E-state index contributed by atoms with van der Waals surface area (Å²) in [7, 11) is 7.25. The number of allylic oxidation sites excluding steroid dienone is 1. The Morgan fingerprint density at radius 2 is 1.95 bits per heavy atom. The highest BCUT2D eigenvalue weighted by Gasteiger charge is 2.35. The van der Waals surface area contributed by atoms with Crippen molar-refractivity contribution in [3.63, 3.8) is 0 Å². The number of nitrogens with zero attached hydrogens (tertiary/aromatic N) is 6. The molecular formula is C30H39N7O3. The molecule has 3 heterocycles. The van der Waals surface area contributed by atoms with Gasteiger partial charge in [-0.25, -0.2) is 4.98 Å². The molecule has 3 aliphatic rings. The van der Waals surface area contributed by atoms with Crippen LogP contribution in [0, 0.1) is 5.92 Å². The molecule has 1 aromatic carbocycles. The Balaban J connectivity index is 1.44. The number of nitrogens with one attached hydrogen (secondary N) is 1. The van der Waals surface area contributed by atoms with E-state index >= 15 is 0 Å². The van der Waals surface area contributed by atoms with Crippen LogP contribution in [0.4, 0.5) is 23.1 Å². The van der Waals surface area contributed by atoms with E-state index < -0.39 is 0 Å². The van der Waals surface area contributed by atoms with Crippen molar-refractivity contribution < 1.29 is 14.3 Å². The second kappa shape index (κ2) is 11.6. The number of likely N-dealkylation sites (N-methyl/N-ethyl adjacent to an activating group) is 1. The second-order valence-corrected chi connectivity index (χ2v) is 10.9. The fraction of sp³-hybridized carbons (Fsp3) is 0.467. The Morgan fingerprint density at radius 3 is 2.65 bits per heavy atom. The molecule has 5 rings (SSSR count). The molecular weight excluding hydrogens is 506 g/mol. The summed E-state index contributed by atoms with van der Waals surface area (Å²) in [6.45, 7) is 3.36. The summed E-state index contributed by atoms with van der Waals surface area (Å²) >= 11 is 0. The highest BCUT2D eigenvalue weighted by Crippen LogP contribution is 2.39. The molecule has 40 heavy (non-hydrogen) atoms. The van der Waals surface area contributed by atoms with Crippen molar-refractivity contribution in [1.29, 1.82) is 0 Å². The van der Waals surface area contributed by atoms with Crippen molar-refractivity contribution in [3.05, 3.63) is 54.0 Å². The Kier molecular flexibility index (Phi) is 7.95. The van der Waals surface area contributed by atoms with Crippen molar-refractivity contribution in [2.75, 3.05) is 56.0 Å². The van der Waals surface area contributed by atoms with Crippen LogP contribution in [0.5, 0.6) is 5.75 Å². The first-order chi connectivity index (χ1) is 19.3. The first kappa shape index (κ1) is 27.5. The molecule has 10 heteroatoms. The van der Waals surface area contributed by atoms with Crippen molar-refractivity contribution >= 4 is 35.0 Å². The standard InChI is InChI=1S/C30H39N7O3/c1-20-19-37(23-9-7-6-8-10-23)27-25(35(3)29(20)39)18-31-30(33-27)36(4)24-12-11-21(17-26(24)40-5)28(38)32-22-13-15-34(2)16-14-22/h11-15,17-18,20,23H,6-10,16,19H2,1-5H3,(H,32,38). The van der Waals surface area contributed by atoms with Gasteiger partial charge in [-0.3, -0.25) is 9.59 Å². The molecule has 2 aromatic rings. The average molecular weight is 546 g/mol. The maximum Gasteiger partial charge on any atom is 0.255 e. The van der Waals surface area contributed by atoms with Crippen LogP contribution in [-0.2, 0) is 4.79 Å². The van der Waals surface area contributed by atoms with E-state index in [1.165, 1.54) is 19.3 Å². The van der Waals surface area contributed by atoms with E-state index in [2.05, 4.69) is 15.2 Å². The molecule has 2 amide bonds. The van der Waals surface area contributed by atoms with Crippen LogP contribution in [0.2, 0.25) is 0 Å². The van der Waals surface area contributed by atoms with Gasteiger partial charge in [0.1, 0.15) is 11.4 Å². The Labute approximate surface area is 236 Å². The molecule has 10 nitrogen and oxygen atoms in total. The minimum absolute atomic E-state index is 0.0753. The predicted molar refractivity (Wildman–Crippen MR) is 157 cm³/mol. The number of amides is 2. The zero-order chi connectivity index (χ0) is 28.4. The molecule has 0 radical (unpaired) electrons. The van der Waals surface area contributed by atoms with Gasteiger partial charge in [0, 0.05) is 57.7 Å². The number of hydrogen-bond acceptors (Lipinski definition) is 8. The molecule has 2 aliphatic heterocycles. The van der Waals surface area contributed by atoms with E-state index in [-0.39, 0.29) is 17.7 Å². The lowest BCUT2D eigenvalue weighted by atomic mass is 9.93. The van der Waals surface area contributed by atoms with Crippen LogP contribution in [0.15, 0.2) is 48.4 Å². The number of hydrogen-bond donors (Lipinski definition) is 1. The Morgan fingerprint density at radius 1 is 1.18 bits per heavy atom. The van der Waals surface area contributed by atoms with Gasteiger partial charge in [-0.05, 0) is 43.2 Å². The van der Waals surface area contributed by atoms with Gasteiger partial charge in [0.15, 0.2) is 5.82 Å². The van der Waals surface area contributed by atoms with E-state index in [0.717, 1.165) is 42.3 Å². The number of methoxy groups -OCH3 is 1. The van der Waals surface area contributed by atoms with Gasteiger partial charge >= 0.3 is 0 Å². The van der Waals surface area contributed by atoms with Crippen LogP contribution in [0.1, 0.15) is 49.4 Å². The molecule has 1 saturated carbocycles. The molecule has 1 aliphatic carbocycles. The average Bonchev–Trinajstić information content (AvgIpc) is 3.08. The maximum atomic E-state index is 13.1. The molecule has 1 fully saturated rings. The molecule has 0 saturated heterocycles. The lowest BCUT2D eigenvalue weighted by molar-refractivity contribution is -0.121. The van der Waals surface area contributed by atoms with Crippen molar-refractivity contribution in [2.24, 2.45) is 5.92 Å².